The van der Waals surface area contributed by atoms with Crippen LogP contribution in [0.3, 0.4) is 0 Å². The molecule has 0 spiro atoms. The Balaban J connectivity index is 2.02. The SMILES string of the molecule is Cc1c(NC(=O)C2CCOC2)cnn1C. The Morgan fingerprint density at radius 3 is 3.07 bits per heavy atom. The van der Waals surface area contributed by atoms with Gasteiger partial charge in [0.05, 0.1) is 30.1 Å². The number of aromatic nitrogens is 2. The molecule has 2 rings (SSSR count). The summed E-state index contributed by atoms with van der Waals surface area (Å²) >= 11 is 0. The number of carbonyl (C=O) groups is 1. The summed E-state index contributed by atoms with van der Waals surface area (Å²) < 4.78 is 6.91. The lowest BCUT2D eigenvalue weighted by Gasteiger charge is -2.08. The molecule has 1 fully saturated rings. The van der Waals surface area contributed by atoms with Gasteiger partial charge in [0, 0.05) is 13.7 Å². The predicted molar refractivity (Wildman–Crippen MR) is 55.5 cm³/mol. The number of carbonyl (C=O) groups excluding carboxylic acids is 1. The molecule has 2 heterocycles. The Morgan fingerprint density at radius 1 is 1.73 bits per heavy atom. The van der Waals surface area contributed by atoms with Gasteiger partial charge in [-0.15, -0.1) is 0 Å². The Morgan fingerprint density at radius 2 is 2.53 bits per heavy atom. The predicted octanol–water partition coefficient (Wildman–Crippen LogP) is 0.704. The van der Waals surface area contributed by atoms with Crippen LogP contribution in [0, 0.1) is 12.8 Å². The Kier molecular flexibility index (Phi) is 2.73. The van der Waals surface area contributed by atoms with Crippen molar-refractivity contribution in [2.45, 2.75) is 13.3 Å². The van der Waals surface area contributed by atoms with E-state index in [1.807, 2.05) is 14.0 Å². The van der Waals surface area contributed by atoms with Gasteiger partial charge in [-0.2, -0.15) is 5.10 Å². The van der Waals surface area contributed by atoms with Gasteiger partial charge in [-0.3, -0.25) is 9.48 Å². The van der Waals surface area contributed by atoms with Crippen molar-refractivity contribution in [2.24, 2.45) is 13.0 Å². The lowest BCUT2D eigenvalue weighted by molar-refractivity contribution is -0.119. The van der Waals surface area contributed by atoms with E-state index in [4.69, 9.17) is 4.74 Å². The van der Waals surface area contributed by atoms with E-state index in [1.54, 1.807) is 10.9 Å². The maximum atomic E-state index is 11.7. The molecule has 0 radical (unpaired) electrons. The third-order valence-electron chi connectivity index (χ3n) is 2.79. The van der Waals surface area contributed by atoms with Gasteiger partial charge >= 0.3 is 0 Å². The summed E-state index contributed by atoms with van der Waals surface area (Å²) in [6, 6.07) is 0. The fraction of sp³-hybridized carbons (Fsp3) is 0.600. The van der Waals surface area contributed by atoms with Crippen LogP contribution in [0.2, 0.25) is 0 Å². The Bertz CT molecular complexity index is 367. The van der Waals surface area contributed by atoms with Gasteiger partial charge in [0.15, 0.2) is 0 Å². The molecule has 1 saturated heterocycles. The molecular formula is C10H15N3O2. The third kappa shape index (κ3) is 2.02. The first kappa shape index (κ1) is 10.2. The van der Waals surface area contributed by atoms with Gasteiger partial charge in [-0.1, -0.05) is 0 Å². The van der Waals surface area contributed by atoms with E-state index in [9.17, 15) is 4.79 Å². The van der Waals surface area contributed by atoms with E-state index >= 15 is 0 Å². The van der Waals surface area contributed by atoms with Crippen LogP contribution < -0.4 is 5.32 Å². The molecule has 82 valence electrons. The third-order valence-corrected chi connectivity index (χ3v) is 2.79. The van der Waals surface area contributed by atoms with E-state index < -0.39 is 0 Å². The second-order valence-corrected chi connectivity index (χ2v) is 3.82. The molecule has 1 unspecified atom stereocenters. The van der Waals surface area contributed by atoms with Crippen molar-refractivity contribution < 1.29 is 9.53 Å². The molecule has 15 heavy (non-hydrogen) atoms. The topological polar surface area (TPSA) is 56.1 Å². The molecule has 1 atom stereocenters. The van der Waals surface area contributed by atoms with Crippen molar-refractivity contribution in [3.05, 3.63) is 11.9 Å². The number of hydrogen-bond donors (Lipinski definition) is 1. The highest BCUT2D eigenvalue weighted by atomic mass is 16.5. The number of aryl methyl sites for hydroxylation is 1. The lowest BCUT2D eigenvalue weighted by atomic mass is 10.1. The molecule has 1 amide bonds. The molecule has 0 saturated carbocycles. The van der Waals surface area contributed by atoms with Crippen molar-refractivity contribution >= 4 is 11.6 Å². The van der Waals surface area contributed by atoms with Gasteiger partial charge in [-0.25, -0.2) is 0 Å². The van der Waals surface area contributed by atoms with Crippen molar-refractivity contribution in [2.75, 3.05) is 18.5 Å². The van der Waals surface area contributed by atoms with Crippen LogP contribution >= 0.6 is 0 Å². The first-order valence-electron chi connectivity index (χ1n) is 5.05. The molecule has 0 bridgehead atoms. The quantitative estimate of drug-likeness (QED) is 0.780. The van der Waals surface area contributed by atoms with Gasteiger partial charge in [-0.05, 0) is 13.3 Å². The molecule has 5 nitrogen and oxygen atoms in total. The molecule has 5 heteroatoms. The summed E-state index contributed by atoms with van der Waals surface area (Å²) in [5.41, 5.74) is 1.75. The Labute approximate surface area is 88.4 Å². The average Bonchev–Trinajstić information content (AvgIpc) is 2.83. The highest BCUT2D eigenvalue weighted by molar-refractivity contribution is 5.93. The number of anilines is 1. The summed E-state index contributed by atoms with van der Waals surface area (Å²) in [6.45, 7) is 3.14. The van der Waals surface area contributed by atoms with E-state index in [1.165, 1.54) is 0 Å². The zero-order valence-electron chi connectivity index (χ0n) is 8.99. The normalized spacial score (nSPS) is 20.5. The van der Waals surface area contributed by atoms with Crippen LogP contribution in [0.5, 0.6) is 0 Å². The Hall–Kier alpha value is -1.36. The van der Waals surface area contributed by atoms with Gasteiger partial charge in [0.2, 0.25) is 5.91 Å². The number of ether oxygens (including phenoxy) is 1. The summed E-state index contributed by atoms with van der Waals surface area (Å²) in [5.74, 6) is 0.0215. The lowest BCUT2D eigenvalue weighted by Crippen LogP contribution is -2.23. The molecule has 1 aliphatic rings. The minimum Gasteiger partial charge on any atom is -0.381 e. The van der Waals surface area contributed by atoms with Crippen LogP contribution in [-0.4, -0.2) is 28.9 Å². The molecule has 0 aliphatic carbocycles. The van der Waals surface area contributed by atoms with Crippen LogP contribution in [0.1, 0.15) is 12.1 Å². The smallest absolute Gasteiger partial charge is 0.229 e. The molecule has 1 N–H and O–H groups in total. The number of amides is 1. The van der Waals surface area contributed by atoms with E-state index in [0.29, 0.717) is 13.2 Å². The fourth-order valence-corrected chi connectivity index (χ4v) is 1.60. The standard InChI is InChI=1S/C10H15N3O2/c1-7-9(5-11-13(7)2)12-10(14)8-3-4-15-6-8/h5,8H,3-4,6H2,1-2H3,(H,12,14). The van der Waals surface area contributed by atoms with E-state index in [-0.39, 0.29) is 11.8 Å². The summed E-state index contributed by atoms with van der Waals surface area (Å²) in [4.78, 5) is 11.7. The van der Waals surface area contributed by atoms with Crippen molar-refractivity contribution in [1.82, 2.24) is 9.78 Å². The van der Waals surface area contributed by atoms with E-state index in [2.05, 4.69) is 10.4 Å². The average molecular weight is 209 g/mol. The summed E-state index contributed by atoms with van der Waals surface area (Å²) in [5, 5.41) is 6.94. The van der Waals surface area contributed by atoms with Crippen LogP contribution in [-0.2, 0) is 16.6 Å². The first-order valence-corrected chi connectivity index (χ1v) is 5.05. The van der Waals surface area contributed by atoms with Crippen LogP contribution in [0.15, 0.2) is 6.20 Å². The fourth-order valence-electron chi connectivity index (χ4n) is 1.60. The van der Waals surface area contributed by atoms with Gasteiger partial charge in [0.1, 0.15) is 0 Å². The molecular weight excluding hydrogens is 194 g/mol. The molecule has 1 aromatic heterocycles. The van der Waals surface area contributed by atoms with Crippen LogP contribution in [0.4, 0.5) is 5.69 Å². The van der Waals surface area contributed by atoms with Crippen molar-refractivity contribution in [3.8, 4) is 0 Å². The number of rotatable bonds is 2. The monoisotopic (exact) mass is 209 g/mol. The van der Waals surface area contributed by atoms with Gasteiger partial charge < -0.3 is 10.1 Å². The summed E-state index contributed by atoms with van der Waals surface area (Å²) in [7, 11) is 1.85. The second-order valence-electron chi connectivity index (χ2n) is 3.82. The summed E-state index contributed by atoms with van der Waals surface area (Å²) in [6.07, 6.45) is 2.48. The minimum absolute atomic E-state index is 0.00962. The number of hydrogen-bond acceptors (Lipinski definition) is 3. The largest absolute Gasteiger partial charge is 0.381 e. The molecule has 1 aromatic rings. The van der Waals surface area contributed by atoms with Crippen molar-refractivity contribution in [3.63, 3.8) is 0 Å². The van der Waals surface area contributed by atoms with E-state index in [0.717, 1.165) is 17.8 Å². The zero-order chi connectivity index (χ0) is 10.8. The van der Waals surface area contributed by atoms with Crippen molar-refractivity contribution in [1.29, 1.82) is 0 Å². The van der Waals surface area contributed by atoms with Crippen LogP contribution in [0.25, 0.3) is 0 Å². The highest BCUT2D eigenvalue weighted by Gasteiger charge is 2.24. The first-order chi connectivity index (χ1) is 7.18. The van der Waals surface area contributed by atoms with Gasteiger partial charge in [0.25, 0.3) is 0 Å². The maximum absolute atomic E-state index is 11.7. The highest BCUT2D eigenvalue weighted by Crippen LogP contribution is 2.17. The number of nitrogens with zero attached hydrogens (tertiary/aromatic N) is 2. The maximum Gasteiger partial charge on any atom is 0.229 e. The minimum atomic E-state index is -0.00962. The molecule has 1 aliphatic heterocycles. The molecule has 0 aromatic carbocycles. The number of nitrogens with one attached hydrogen (secondary N) is 1. The zero-order valence-corrected chi connectivity index (χ0v) is 8.99. The second kappa shape index (κ2) is 4.02.